The fourth-order valence-electron chi connectivity index (χ4n) is 0.338. The van der Waals surface area contributed by atoms with Gasteiger partial charge in [-0.3, -0.25) is 15.0 Å². The molecule has 0 N–H and O–H groups in total. The van der Waals surface area contributed by atoms with E-state index in [0.29, 0.717) is 12.2 Å². The van der Waals surface area contributed by atoms with E-state index in [1.165, 1.54) is 0 Å². The quantitative estimate of drug-likeness (QED) is 0.266. The second kappa shape index (κ2) is 12.3. The maximum absolute atomic E-state index is 10.2. The molecule has 0 rings (SSSR count). The second-order valence-electron chi connectivity index (χ2n) is 1.51. The Hall–Kier alpha value is 2.29. The summed E-state index contributed by atoms with van der Waals surface area (Å²) in [4.78, 5) is 0. The Morgan fingerprint density at radius 1 is 1.18 bits per heavy atom. The van der Waals surface area contributed by atoms with Crippen molar-refractivity contribution in [1.29, 1.82) is 0 Å². The van der Waals surface area contributed by atoms with Crippen molar-refractivity contribution in [3.63, 3.8) is 0 Å². The fourth-order valence-corrected chi connectivity index (χ4v) is 1.37. The van der Waals surface area contributed by atoms with Crippen molar-refractivity contribution in [2.45, 2.75) is 6.42 Å². The van der Waals surface area contributed by atoms with Gasteiger partial charge in [-0.1, -0.05) is 17.0 Å². The van der Waals surface area contributed by atoms with Gasteiger partial charge >= 0.3 is 59.1 Å². The molecule has 0 aromatic heterocycles. The largest absolute Gasteiger partial charge is 1.00 e. The molecule has 0 aliphatic heterocycles. The zero-order valence-corrected chi connectivity index (χ0v) is 12.5. The van der Waals surface area contributed by atoms with Crippen molar-refractivity contribution in [1.82, 2.24) is 0 Å². The smallest absolute Gasteiger partial charge is 0.803 e. The van der Waals surface area contributed by atoms with Gasteiger partial charge in [-0.15, -0.1) is 0 Å². The summed E-state index contributed by atoms with van der Waals surface area (Å²) >= 11 is -1.99. The summed E-state index contributed by atoms with van der Waals surface area (Å²) < 4.78 is 29.9. The molecule has 0 saturated heterocycles. The molecule has 0 amide bonds. The van der Waals surface area contributed by atoms with E-state index in [0.717, 1.165) is 0 Å². The zero-order valence-electron chi connectivity index (χ0n) is 6.87. The number of rotatable bonds is 4. The van der Waals surface area contributed by atoms with Crippen LogP contribution in [0.2, 0.25) is 0 Å². The summed E-state index contributed by atoms with van der Waals surface area (Å²) in [6.45, 7) is 0. The molecule has 0 radical (unpaired) electrons. The molecule has 0 aliphatic carbocycles. The van der Waals surface area contributed by atoms with Gasteiger partial charge in [0, 0.05) is 5.75 Å². The molecular formula is C4H8Na2O3S2. The Balaban J connectivity index is -0.000000320. The van der Waals surface area contributed by atoms with Crippen LogP contribution in [0.15, 0.2) is 0 Å². The van der Waals surface area contributed by atoms with Gasteiger partial charge < -0.3 is 9.11 Å². The fraction of sp³-hybridized carbons (Fsp3) is 0.750. The van der Waals surface area contributed by atoms with Crippen LogP contribution in [0.25, 0.3) is 0 Å². The minimum atomic E-state index is -1.99. The van der Waals surface area contributed by atoms with Gasteiger partial charge in [-0.2, -0.15) is 0 Å². The SMILES string of the molecule is C=S([O-])CCCS(=O)[O-].[Na+].[Na+]. The van der Waals surface area contributed by atoms with Crippen LogP contribution in [-0.4, -0.2) is 30.7 Å². The molecule has 0 aromatic carbocycles. The Kier molecular flexibility index (Phi) is 21.2. The molecule has 7 heteroatoms. The summed E-state index contributed by atoms with van der Waals surface area (Å²) in [5, 5.41) is 0. The van der Waals surface area contributed by atoms with Crippen LogP contribution in [0.3, 0.4) is 0 Å². The van der Waals surface area contributed by atoms with Crippen LogP contribution in [0.5, 0.6) is 0 Å². The molecule has 0 spiro atoms. The summed E-state index contributed by atoms with van der Waals surface area (Å²) in [7, 11) is -1.11. The van der Waals surface area contributed by atoms with Crippen molar-refractivity contribution >= 4 is 27.7 Å². The molecule has 0 bridgehead atoms. The van der Waals surface area contributed by atoms with Crippen molar-refractivity contribution in [2.75, 3.05) is 11.5 Å². The summed E-state index contributed by atoms with van der Waals surface area (Å²) in [6.07, 6.45) is 0.437. The Bertz CT molecular complexity index is 117. The maximum Gasteiger partial charge on any atom is 1.00 e. The van der Waals surface area contributed by atoms with Gasteiger partial charge in [0.2, 0.25) is 0 Å². The molecular weight excluding hydrogens is 206 g/mol. The summed E-state index contributed by atoms with van der Waals surface area (Å²) in [5.41, 5.74) is 0. The predicted molar refractivity (Wildman–Crippen MR) is 38.8 cm³/mol. The third-order valence-corrected chi connectivity index (χ3v) is 2.05. The monoisotopic (exact) mass is 214 g/mol. The van der Waals surface area contributed by atoms with Crippen LogP contribution < -0.4 is 59.1 Å². The van der Waals surface area contributed by atoms with Crippen LogP contribution in [0.1, 0.15) is 6.42 Å². The molecule has 11 heavy (non-hydrogen) atoms. The van der Waals surface area contributed by atoms with Crippen LogP contribution in [0.4, 0.5) is 0 Å². The molecule has 0 saturated carbocycles. The van der Waals surface area contributed by atoms with Crippen LogP contribution in [0, 0.1) is 0 Å². The first-order chi connectivity index (χ1) is 4.13. The van der Waals surface area contributed by atoms with Gasteiger partial charge in [0.1, 0.15) is 0 Å². The van der Waals surface area contributed by atoms with Crippen LogP contribution in [-0.2, 0) is 11.1 Å². The number of hydrogen-bond acceptors (Lipinski definition) is 3. The van der Waals surface area contributed by atoms with E-state index in [-0.39, 0.29) is 64.9 Å². The molecule has 0 aliphatic rings. The van der Waals surface area contributed by atoms with E-state index in [1.54, 1.807) is 0 Å². The Morgan fingerprint density at radius 3 is 1.91 bits per heavy atom. The first-order valence-electron chi connectivity index (χ1n) is 2.37. The van der Waals surface area contributed by atoms with E-state index < -0.39 is 21.8 Å². The number of hydrogen-bond donors (Lipinski definition) is 0. The average molecular weight is 214 g/mol. The average Bonchev–Trinajstić information content (AvgIpc) is 1.63. The molecule has 2 unspecified atom stereocenters. The van der Waals surface area contributed by atoms with Gasteiger partial charge in [-0.25, -0.2) is 0 Å². The standard InChI is InChI=1S/C4H9O3S2.2Na/c1-8(5)3-2-4-9(6)7;;/h1-4H2,(H-,5,6,7);;/q-1;2*+1/p-1. The third kappa shape index (κ3) is 18.9. The van der Waals surface area contributed by atoms with Crippen molar-refractivity contribution in [3.05, 3.63) is 0 Å². The minimum absolute atomic E-state index is 0. The van der Waals surface area contributed by atoms with E-state index in [1.807, 2.05) is 0 Å². The molecule has 56 valence electrons. The normalized spacial score (nSPS) is 14.0. The topological polar surface area (TPSA) is 63.2 Å². The summed E-state index contributed by atoms with van der Waals surface area (Å²) in [5.74, 6) is 3.66. The molecule has 3 nitrogen and oxygen atoms in total. The predicted octanol–water partition coefficient (Wildman–Crippen LogP) is -5.91. The van der Waals surface area contributed by atoms with E-state index in [9.17, 15) is 13.3 Å². The first kappa shape index (κ1) is 19.0. The van der Waals surface area contributed by atoms with E-state index in [4.69, 9.17) is 0 Å². The van der Waals surface area contributed by atoms with Gasteiger partial charge in [0.05, 0.1) is 0 Å². The van der Waals surface area contributed by atoms with Gasteiger partial charge in [0.25, 0.3) is 0 Å². The second-order valence-corrected chi connectivity index (χ2v) is 3.81. The maximum atomic E-state index is 10.2. The Labute approximate surface area is 116 Å². The third-order valence-electron chi connectivity index (χ3n) is 0.683. The van der Waals surface area contributed by atoms with Crippen molar-refractivity contribution in [2.24, 2.45) is 0 Å². The Morgan fingerprint density at radius 2 is 1.64 bits per heavy atom. The molecule has 2 atom stereocenters. The van der Waals surface area contributed by atoms with Crippen LogP contribution >= 0.6 is 10.8 Å². The molecule has 0 aromatic rings. The van der Waals surface area contributed by atoms with E-state index >= 15 is 0 Å². The molecule has 0 heterocycles. The molecule has 0 fully saturated rings. The van der Waals surface area contributed by atoms with Gasteiger partial charge in [0.15, 0.2) is 0 Å². The zero-order chi connectivity index (χ0) is 7.28. The van der Waals surface area contributed by atoms with Gasteiger partial charge in [-0.05, 0) is 12.2 Å². The summed E-state index contributed by atoms with van der Waals surface area (Å²) in [6, 6.07) is 0. The minimum Gasteiger partial charge on any atom is -0.803 e. The first-order valence-corrected chi connectivity index (χ1v) is 5.10. The van der Waals surface area contributed by atoms with Crippen molar-refractivity contribution < 1.29 is 72.4 Å². The van der Waals surface area contributed by atoms with Crippen molar-refractivity contribution in [3.8, 4) is 0 Å². The van der Waals surface area contributed by atoms with E-state index in [2.05, 4.69) is 5.87 Å².